The highest BCUT2D eigenvalue weighted by molar-refractivity contribution is 7.81. The fourth-order valence-electron chi connectivity index (χ4n) is 0.551. The van der Waals surface area contributed by atoms with Gasteiger partial charge >= 0.3 is 5.97 Å². The minimum absolute atomic E-state index is 0.0700. The molecule has 0 aromatic rings. The molecule has 0 aromatic carbocycles. The predicted octanol–water partition coefficient (Wildman–Crippen LogP) is 0.587. The molecule has 1 atom stereocenters. The van der Waals surface area contributed by atoms with Gasteiger partial charge in [-0.3, -0.25) is 4.79 Å². The summed E-state index contributed by atoms with van der Waals surface area (Å²) < 4.78 is 4.82. The molecule has 0 radical (unpaired) electrons. The number of rotatable bonds is 5. The van der Waals surface area contributed by atoms with E-state index in [0.717, 1.165) is 6.42 Å². The van der Waals surface area contributed by atoms with Crippen LogP contribution in [0.2, 0.25) is 0 Å². The quantitative estimate of drug-likeness (QED) is 0.477. The monoisotopic (exact) mass is 177 g/mol. The molecule has 0 aliphatic rings. The molecule has 0 amide bonds. The van der Waals surface area contributed by atoms with Crippen molar-refractivity contribution in [3.63, 3.8) is 0 Å². The van der Waals surface area contributed by atoms with Crippen LogP contribution in [0.4, 0.5) is 0 Å². The molecule has 0 aromatic heterocycles. The summed E-state index contributed by atoms with van der Waals surface area (Å²) in [5.74, 6) is -0.211. The number of carbonyl (C=O) groups is 1. The van der Waals surface area contributed by atoms with Crippen molar-refractivity contribution in [2.24, 2.45) is 5.73 Å². The lowest BCUT2D eigenvalue weighted by Crippen LogP contribution is -2.19. The van der Waals surface area contributed by atoms with E-state index in [2.05, 4.69) is 12.6 Å². The number of nitrogens with two attached hydrogens (primary N) is 1. The van der Waals surface area contributed by atoms with E-state index in [0.29, 0.717) is 19.6 Å². The van der Waals surface area contributed by atoms with Crippen molar-refractivity contribution in [1.82, 2.24) is 0 Å². The van der Waals surface area contributed by atoms with Crippen LogP contribution >= 0.6 is 12.6 Å². The first kappa shape index (κ1) is 10.8. The second-order valence-electron chi connectivity index (χ2n) is 2.31. The van der Waals surface area contributed by atoms with Crippen LogP contribution in [-0.4, -0.2) is 24.4 Å². The number of carbonyl (C=O) groups excluding carboxylic acids is 1. The summed E-state index contributed by atoms with van der Waals surface area (Å²) in [6, 6.07) is 0. The maximum Gasteiger partial charge on any atom is 0.306 e. The van der Waals surface area contributed by atoms with E-state index >= 15 is 0 Å². The lowest BCUT2D eigenvalue weighted by atomic mass is 10.3. The Labute approximate surface area is 72.7 Å². The lowest BCUT2D eigenvalue weighted by molar-refractivity contribution is -0.143. The van der Waals surface area contributed by atoms with Gasteiger partial charge in [0.05, 0.1) is 13.0 Å². The molecule has 0 bridgehead atoms. The van der Waals surface area contributed by atoms with Gasteiger partial charge in [0.25, 0.3) is 0 Å². The molecular formula is C7H15NO2S. The Bertz CT molecular complexity index is 119. The van der Waals surface area contributed by atoms with Crippen LogP contribution < -0.4 is 5.73 Å². The van der Waals surface area contributed by atoms with Crippen molar-refractivity contribution < 1.29 is 9.53 Å². The maximum absolute atomic E-state index is 10.8. The molecule has 0 saturated heterocycles. The summed E-state index contributed by atoms with van der Waals surface area (Å²) in [6.45, 7) is 2.85. The van der Waals surface area contributed by atoms with Crippen LogP contribution in [0.15, 0.2) is 0 Å². The smallest absolute Gasteiger partial charge is 0.306 e. The van der Waals surface area contributed by atoms with Crippen LogP contribution in [0.3, 0.4) is 0 Å². The van der Waals surface area contributed by atoms with Gasteiger partial charge in [0.2, 0.25) is 0 Å². The van der Waals surface area contributed by atoms with Crippen LogP contribution in [0, 0.1) is 0 Å². The molecule has 3 nitrogen and oxygen atoms in total. The molecule has 0 fully saturated rings. The summed E-state index contributed by atoms with van der Waals surface area (Å²) >= 11 is 4.07. The summed E-state index contributed by atoms with van der Waals surface area (Å²) in [6.07, 6.45) is 1.16. The van der Waals surface area contributed by atoms with Crippen molar-refractivity contribution in [2.45, 2.75) is 25.0 Å². The number of thiol groups is 1. The van der Waals surface area contributed by atoms with Gasteiger partial charge < -0.3 is 10.5 Å². The minimum atomic E-state index is -0.211. The van der Waals surface area contributed by atoms with Gasteiger partial charge in [-0.25, -0.2) is 0 Å². The highest BCUT2D eigenvalue weighted by Gasteiger charge is 2.08. The molecule has 0 saturated carbocycles. The van der Waals surface area contributed by atoms with E-state index in [1.165, 1.54) is 0 Å². The highest BCUT2D eigenvalue weighted by Crippen LogP contribution is 2.00. The first-order valence-corrected chi connectivity index (χ1v) is 4.26. The van der Waals surface area contributed by atoms with Crippen LogP contribution in [0.5, 0.6) is 0 Å². The van der Waals surface area contributed by atoms with Gasteiger partial charge in [-0.2, -0.15) is 12.6 Å². The zero-order valence-corrected chi connectivity index (χ0v) is 7.64. The zero-order chi connectivity index (χ0) is 8.69. The summed E-state index contributed by atoms with van der Waals surface area (Å²) in [4.78, 5) is 10.8. The Morgan fingerprint density at radius 3 is 2.82 bits per heavy atom. The van der Waals surface area contributed by atoms with Crippen molar-refractivity contribution in [3.05, 3.63) is 0 Å². The Morgan fingerprint density at radius 2 is 2.36 bits per heavy atom. The normalized spacial score (nSPS) is 12.6. The number of esters is 1. The molecule has 0 spiro atoms. The fraction of sp³-hybridized carbons (Fsp3) is 0.857. The molecule has 0 rings (SSSR count). The van der Waals surface area contributed by atoms with Crippen molar-refractivity contribution in [1.29, 1.82) is 0 Å². The van der Waals surface area contributed by atoms with Gasteiger partial charge in [-0.05, 0) is 6.42 Å². The van der Waals surface area contributed by atoms with E-state index < -0.39 is 0 Å². The van der Waals surface area contributed by atoms with Crippen molar-refractivity contribution in [3.8, 4) is 0 Å². The largest absolute Gasteiger partial charge is 0.466 e. The van der Waals surface area contributed by atoms with Gasteiger partial charge in [0, 0.05) is 11.8 Å². The van der Waals surface area contributed by atoms with E-state index in [9.17, 15) is 4.79 Å². The van der Waals surface area contributed by atoms with Gasteiger partial charge in [0.15, 0.2) is 0 Å². The Morgan fingerprint density at radius 1 is 1.73 bits per heavy atom. The number of hydrogen-bond acceptors (Lipinski definition) is 4. The molecule has 1 unspecified atom stereocenters. The third-order valence-electron chi connectivity index (χ3n) is 1.14. The van der Waals surface area contributed by atoms with Crippen molar-refractivity contribution in [2.75, 3.05) is 13.2 Å². The maximum atomic E-state index is 10.8. The molecule has 0 heterocycles. The lowest BCUT2D eigenvalue weighted by Gasteiger charge is -2.06. The van der Waals surface area contributed by atoms with Gasteiger partial charge in [0.1, 0.15) is 0 Å². The molecule has 66 valence electrons. The molecule has 0 aliphatic carbocycles. The van der Waals surface area contributed by atoms with Crippen LogP contribution in [0.1, 0.15) is 19.8 Å². The SMILES string of the molecule is CCCOC(=O)CC(S)CN. The average molecular weight is 177 g/mol. The first-order chi connectivity index (χ1) is 5.20. The van der Waals surface area contributed by atoms with E-state index in [-0.39, 0.29) is 11.2 Å². The highest BCUT2D eigenvalue weighted by atomic mass is 32.1. The molecular weight excluding hydrogens is 162 g/mol. The van der Waals surface area contributed by atoms with Gasteiger partial charge in [-0.15, -0.1) is 0 Å². The summed E-state index contributed by atoms with van der Waals surface area (Å²) in [7, 11) is 0. The Kier molecular flexibility index (Phi) is 6.36. The topological polar surface area (TPSA) is 52.3 Å². The second-order valence-corrected chi connectivity index (χ2v) is 3.04. The average Bonchev–Trinajstić information content (AvgIpc) is 2.00. The summed E-state index contributed by atoms with van der Waals surface area (Å²) in [5, 5.41) is -0.0700. The number of ether oxygens (including phenoxy) is 1. The molecule has 0 aliphatic heterocycles. The Balaban J connectivity index is 3.36. The van der Waals surface area contributed by atoms with E-state index in [1.54, 1.807) is 0 Å². The Hall–Kier alpha value is -0.220. The minimum Gasteiger partial charge on any atom is -0.466 e. The summed E-state index contributed by atoms with van der Waals surface area (Å²) in [5.41, 5.74) is 5.26. The number of hydrogen-bond donors (Lipinski definition) is 2. The zero-order valence-electron chi connectivity index (χ0n) is 6.75. The van der Waals surface area contributed by atoms with E-state index in [4.69, 9.17) is 10.5 Å². The fourth-order valence-corrected chi connectivity index (χ4v) is 0.700. The predicted molar refractivity (Wildman–Crippen MR) is 47.7 cm³/mol. The first-order valence-electron chi connectivity index (χ1n) is 3.74. The third-order valence-corrected chi connectivity index (χ3v) is 1.53. The van der Waals surface area contributed by atoms with E-state index in [1.807, 2.05) is 6.92 Å². The van der Waals surface area contributed by atoms with Crippen LogP contribution in [-0.2, 0) is 9.53 Å². The third kappa shape index (κ3) is 6.19. The van der Waals surface area contributed by atoms with Crippen molar-refractivity contribution >= 4 is 18.6 Å². The molecule has 11 heavy (non-hydrogen) atoms. The van der Waals surface area contributed by atoms with Crippen LogP contribution in [0.25, 0.3) is 0 Å². The second kappa shape index (κ2) is 6.49. The van der Waals surface area contributed by atoms with Gasteiger partial charge in [-0.1, -0.05) is 6.92 Å². The molecule has 2 N–H and O–H groups in total. The molecule has 4 heteroatoms. The standard InChI is InChI=1S/C7H15NO2S/c1-2-3-10-7(9)4-6(11)5-8/h6,11H,2-5,8H2,1H3.